The molecule has 5 rings (SSSR count). The second-order valence-corrected chi connectivity index (χ2v) is 9.01. The molecule has 3 aromatic rings. The number of benzene rings is 2. The summed E-state index contributed by atoms with van der Waals surface area (Å²) in [6.45, 7) is 6.14. The van der Waals surface area contributed by atoms with Crippen LogP contribution in [0.5, 0.6) is 0 Å². The maximum Gasteiger partial charge on any atom is 0.252 e. The zero-order valence-corrected chi connectivity index (χ0v) is 18.7. The van der Waals surface area contributed by atoms with E-state index in [1.807, 2.05) is 36.4 Å². The second-order valence-electron chi connectivity index (χ2n) is 9.01. The summed E-state index contributed by atoms with van der Waals surface area (Å²) in [7, 11) is 0. The number of furan rings is 1. The number of carbonyl (C=O) groups is 1. The number of primary amides is 1. The molecule has 1 aromatic heterocycles. The number of nitrogens with zero attached hydrogens (tertiary/aromatic N) is 3. The average molecular weight is 444 g/mol. The predicted octanol–water partition coefficient (Wildman–Crippen LogP) is 3.90. The van der Waals surface area contributed by atoms with E-state index in [-0.39, 0.29) is 0 Å². The van der Waals surface area contributed by atoms with E-state index in [2.05, 4.69) is 21.2 Å². The third-order valence-electron chi connectivity index (χ3n) is 7.00. The number of rotatable bonds is 7. The summed E-state index contributed by atoms with van der Waals surface area (Å²) in [5.74, 6) is 0.0483. The lowest BCUT2D eigenvalue weighted by Gasteiger charge is -2.36. The maximum absolute atomic E-state index is 11.5. The van der Waals surface area contributed by atoms with Gasteiger partial charge in [-0.1, -0.05) is 6.42 Å². The summed E-state index contributed by atoms with van der Waals surface area (Å²) in [5, 5.41) is 13.4. The van der Waals surface area contributed by atoms with Gasteiger partial charge in [0.25, 0.3) is 5.91 Å². The number of anilines is 2. The molecular formula is C26H29N5O2. The van der Waals surface area contributed by atoms with Crippen LogP contribution in [0.3, 0.4) is 0 Å². The minimum absolute atomic E-state index is 0.434. The van der Waals surface area contributed by atoms with Crippen molar-refractivity contribution in [1.29, 1.82) is 5.26 Å². The first-order valence-corrected chi connectivity index (χ1v) is 11.7. The first-order chi connectivity index (χ1) is 16.1. The van der Waals surface area contributed by atoms with Gasteiger partial charge in [0.15, 0.2) is 0 Å². The van der Waals surface area contributed by atoms with Gasteiger partial charge < -0.3 is 20.4 Å². The van der Waals surface area contributed by atoms with Gasteiger partial charge in [-0.15, -0.1) is 0 Å². The van der Waals surface area contributed by atoms with E-state index < -0.39 is 5.91 Å². The van der Waals surface area contributed by atoms with Gasteiger partial charge in [-0.05, 0) is 55.3 Å². The normalized spacial score (nSPS) is 18.2. The van der Waals surface area contributed by atoms with Crippen molar-refractivity contribution in [1.82, 2.24) is 4.90 Å². The molecular weight excluding hydrogens is 414 g/mol. The van der Waals surface area contributed by atoms with Crippen molar-refractivity contribution in [3.8, 4) is 6.07 Å². The van der Waals surface area contributed by atoms with Crippen LogP contribution in [0.4, 0.5) is 11.4 Å². The van der Waals surface area contributed by atoms with E-state index in [1.165, 1.54) is 30.4 Å². The molecule has 7 heteroatoms. The quantitative estimate of drug-likeness (QED) is 0.537. The Hall–Kier alpha value is -3.50. The first-order valence-electron chi connectivity index (χ1n) is 11.7. The number of nitriles is 1. The molecule has 1 amide bonds. The molecule has 33 heavy (non-hydrogen) atoms. The first kappa shape index (κ1) is 21.4. The summed E-state index contributed by atoms with van der Waals surface area (Å²) in [6, 6.07) is 14.2. The zero-order chi connectivity index (χ0) is 22.8. The summed E-state index contributed by atoms with van der Waals surface area (Å²) in [5.41, 5.74) is 10.9. The lowest BCUT2D eigenvalue weighted by atomic mass is 9.94. The molecule has 0 spiro atoms. The second kappa shape index (κ2) is 9.16. The van der Waals surface area contributed by atoms with Crippen LogP contribution in [-0.4, -0.2) is 50.1 Å². The number of unbranched alkanes of at least 4 members (excludes halogenated alkanes) is 1. The molecule has 3 N–H and O–H groups in total. The molecule has 0 saturated carbocycles. The number of nitrogens with one attached hydrogen (secondary N) is 1. The molecule has 1 unspecified atom stereocenters. The fourth-order valence-electron chi connectivity index (χ4n) is 5.09. The van der Waals surface area contributed by atoms with Crippen molar-refractivity contribution in [2.24, 2.45) is 5.73 Å². The van der Waals surface area contributed by atoms with Crippen molar-refractivity contribution in [3.63, 3.8) is 0 Å². The Morgan fingerprint density at radius 1 is 1.15 bits per heavy atom. The monoisotopic (exact) mass is 443 g/mol. The van der Waals surface area contributed by atoms with E-state index >= 15 is 0 Å². The van der Waals surface area contributed by atoms with Crippen molar-refractivity contribution in [2.45, 2.75) is 25.2 Å². The Morgan fingerprint density at radius 3 is 2.79 bits per heavy atom. The summed E-state index contributed by atoms with van der Waals surface area (Å²) >= 11 is 0. The van der Waals surface area contributed by atoms with E-state index in [0.717, 1.165) is 62.3 Å². The van der Waals surface area contributed by atoms with E-state index in [9.17, 15) is 10.1 Å². The van der Waals surface area contributed by atoms with E-state index in [0.29, 0.717) is 17.1 Å². The van der Waals surface area contributed by atoms with Crippen molar-refractivity contribution in [2.75, 3.05) is 49.5 Å². The van der Waals surface area contributed by atoms with Crippen LogP contribution in [-0.2, 0) is 0 Å². The summed E-state index contributed by atoms with van der Waals surface area (Å²) < 4.78 is 5.55. The maximum atomic E-state index is 11.5. The van der Waals surface area contributed by atoms with Crippen molar-refractivity contribution >= 4 is 28.3 Å². The number of carbonyl (C=O) groups excluding carboxylic acids is 1. The van der Waals surface area contributed by atoms with Gasteiger partial charge in [-0.3, -0.25) is 9.69 Å². The fraction of sp³-hybridized carbons (Fsp3) is 0.385. The number of hydrogen-bond donors (Lipinski definition) is 2. The lowest BCUT2D eigenvalue weighted by molar-refractivity contribution is 0.100. The number of nitrogens with two attached hydrogens (primary N) is 1. The van der Waals surface area contributed by atoms with Crippen LogP contribution in [0.1, 0.15) is 46.7 Å². The molecule has 170 valence electrons. The fourth-order valence-corrected chi connectivity index (χ4v) is 5.09. The molecule has 0 radical (unpaired) electrons. The van der Waals surface area contributed by atoms with Crippen LogP contribution in [0.25, 0.3) is 11.0 Å². The third-order valence-corrected chi connectivity index (χ3v) is 7.00. The van der Waals surface area contributed by atoms with E-state index in [4.69, 9.17) is 10.2 Å². The SMILES string of the molecule is N#Cc1ccc2c(c1)C(CCCCN1CCN(c3ccc4c(C(N)=O)coc4c3)CC1)CN2. The molecule has 0 bridgehead atoms. The minimum Gasteiger partial charge on any atom is -0.463 e. The smallest absolute Gasteiger partial charge is 0.252 e. The minimum atomic E-state index is -0.463. The lowest BCUT2D eigenvalue weighted by Crippen LogP contribution is -2.46. The Labute approximate surface area is 193 Å². The zero-order valence-electron chi connectivity index (χ0n) is 18.7. The van der Waals surface area contributed by atoms with Gasteiger partial charge >= 0.3 is 0 Å². The molecule has 1 saturated heterocycles. The molecule has 3 heterocycles. The molecule has 1 fully saturated rings. The molecule has 7 nitrogen and oxygen atoms in total. The van der Waals surface area contributed by atoms with Gasteiger partial charge in [-0.25, -0.2) is 0 Å². The van der Waals surface area contributed by atoms with E-state index in [1.54, 1.807) is 0 Å². The summed E-state index contributed by atoms with van der Waals surface area (Å²) in [6.07, 6.45) is 4.99. The van der Waals surface area contributed by atoms with Crippen molar-refractivity contribution < 1.29 is 9.21 Å². The highest BCUT2D eigenvalue weighted by atomic mass is 16.3. The van der Waals surface area contributed by atoms with Crippen LogP contribution in [0, 0.1) is 11.3 Å². The standard InChI is InChI=1S/C26H29N5O2/c27-15-18-4-7-24-22(13-18)19(16-29-24)3-1-2-8-30-9-11-31(12-10-30)20-5-6-21-23(26(28)32)17-33-25(21)14-20/h4-7,13-14,17,19,29H,1-3,8-12,16H2,(H2,28,32). The molecule has 0 aliphatic carbocycles. The Balaban J connectivity index is 1.08. The molecule has 2 aliphatic rings. The third kappa shape index (κ3) is 4.39. The molecule has 2 aliphatic heterocycles. The van der Waals surface area contributed by atoms with Gasteiger partial charge in [0, 0.05) is 61.5 Å². The number of fused-ring (bicyclic) bond motifs is 2. The number of hydrogen-bond acceptors (Lipinski definition) is 6. The highest BCUT2D eigenvalue weighted by molar-refractivity contribution is 6.05. The molecule has 2 aromatic carbocycles. The molecule has 1 atom stereocenters. The Bertz CT molecular complexity index is 1200. The Morgan fingerprint density at radius 2 is 2.00 bits per heavy atom. The summed E-state index contributed by atoms with van der Waals surface area (Å²) in [4.78, 5) is 16.4. The Kier molecular flexibility index (Phi) is 5.93. The highest BCUT2D eigenvalue weighted by Gasteiger charge is 2.23. The van der Waals surface area contributed by atoms with Crippen LogP contribution in [0.2, 0.25) is 0 Å². The largest absolute Gasteiger partial charge is 0.463 e. The van der Waals surface area contributed by atoms with Gasteiger partial charge in [0.2, 0.25) is 0 Å². The highest BCUT2D eigenvalue weighted by Crippen LogP contribution is 2.35. The number of amides is 1. The van der Waals surface area contributed by atoms with Gasteiger partial charge in [0.05, 0.1) is 17.2 Å². The number of piperazine rings is 1. The predicted molar refractivity (Wildman–Crippen MR) is 130 cm³/mol. The van der Waals surface area contributed by atoms with Gasteiger partial charge in [-0.2, -0.15) is 5.26 Å². The van der Waals surface area contributed by atoms with Crippen LogP contribution in [0.15, 0.2) is 47.1 Å². The van der Waals surface area contributed by atoms with Crippen molar-refractivity contribution in [3.05, 3.63) is 59.4 Å². The average Bonchev–Trinajstić information content (AvgIpc) is 3.45. The van der Waals surface area contributed by atoms with Crippen LogP contribution >= 0.6 is 0 Å². The van der Waals surface area contributed by atoms with Gasteiger partial charge in [0.1, 0.15) is 11.8 Å². The topological polar surface area (TPSA) is 98.5 Å². The van der Waals surface area contributed by atoms with Crippen LogP contribution < -0.4 is 16.0 Å².